The van der Waals surface area contributed by atoms with Gasteiger partial charge in [-0.1, -0.05) is 0 Å². The zero-order valence-electron chi connectivity index (χ0n) is 5.31. The van der Waals surface area contributed by atoms with Gasteiger partial charge < -0.3 is 9.47 Å². The van der Waals surface area contributed by atoms with Gasteiger partial charge in [-0.05, 0) is 6.92 Å². The van der Waals surface area contributed by atoms with Crippen LogP contribution >= 0.6 is 0 Å². The van der Waals surface area contributed by atoms with Crippen LogP contribution in [0.5, 0.6) is 0 Å². The van der Waals surface area contributed by atoms with Crippen molar-refractivity contribution in [1.29, 1.82) is 0 Å². The van der Waals surface area contributed by atoms with Crippen LogP contribution in [0, 0.1) is 0 Å². The summed E-state index contributed by atoms with van der Waals surface area (Å²) in [6, 6.07) is 0. The third-order valence-corrected chi connectivity index (χ3v) is 0.782. The van der Waals surface area contributed by atoms with Gasteiger partial charge in [0.25, 0.3) is 0 Å². The van der Waals surface area contributed by atoms with E-state index in [1.807, 2.05) is 6.92 Å². The van der Waals surface area contributed by atoms with Gasteiger partial charge in [-0.15, -0.1) is 0 Å². The lowest BCUT2D eigenvalue weighted by Gasteiger charge is -2.10. The normalized spacial score (nSPS) is 13.9. The van der Waals surface area contributed by atoms with Crippen molar-refractivity contribution >= 4 is 0 Å². The molecule has 1 unspecified atom stereocenters. The number of methoxy groups -OCH3 is 1. The summed E-state index contributed by atoms with van der Waals surface area (Å²) in [7, 11) is 1.54. The van der Waals surface area contributed by atoms with E-state index in [0.29, 0.717) is 6.61 Å². The minimum absolute atomic E-state index is 0.171. The highest BCUT2D eigenvalue weighted by molar-refractivity contribution is 4.38. The van der Waals surface area contributed by atoms with E-state index in [0.717, 1.165) is 0 Å². The maximum atomic E-state index is 6.81. The molecule has 0 aliphatic rings. The Morgan fingerprint density at radius 1 is 1.62 bits per heavy atom. The molecule has 0 aliphatic carbocycles. The lowest BCUT2D eigenvalue weighted by Crippen LogP contribution is -2.20. The van der Waals surface area contributed by atoms with Crippen LogP contribution in [0.4, 0.5) is 0 Å². The average molecular weight is 118 g/mol. The van der Waals surface area contributed by atoms with Gasteiger partial charge in [0.15, 0.2) is 6.29 Å². The fraction of sp³-hybridized carbons (Fsp3) is 1.00. The quantitative estimate of drug-likeness (QED) is 0.497. The molecule has 0 bridgehead atoms. The summed E-state index contributed by atoms with van der Waals surface area (Å²) >= 11 is 0. The number of rotatable bonds is 4. The van der Waals surface area contributed by atoms with E-state index in [1.165, 1.54) is 7.11 Å². The third-order valence-electron chi connectivity index (χ3n) is 0.782. The van der Waals surface area contributed by atoms with Gasteiger partial charge in [-0.25, -0.2) is 0 Å². The summed E-state index contributed by atoms with van der Waals surface area (Å²) in [6.07, 6.45) is -0.333. The third kappa shape index (κ3) is 2.96. The van der Waals surface area contributed by atoms with Crippen molar-refractivity contribution in [3.05, 3.63) is 0 Å². The summed E-state index contributed by atoms with van der Waals surface area (Å²) in [5.74, 6) is 0. The first-order valence-corrected chi connectivity index (χ1v) is 2.64. The van der Waals surface area contributed by atoms with Crippen molar-refractivity contribution in [2.75, 3.05) is 20.3 Å². The zero-order chi connectivity index (χ0) is 6.41. The standard InChI is InChI=1S/C5H12NO2/c1-3-8-5(4-6)7-2/h5-6H,3-4H2,1-2H3. The smallest absolute Gasteiger partial charge is 0.170 e. The van der Waals surface area contributed by atoms with E-state index >= 15 is 0 Å². The molecule has 3 nitrogen and oxygen atoms in total. The van der Waals surface area contributed by atoms with Crippen LogP contribution in [0.15, 0.2) is 0 Å². The highest BCUT2D eigenvalue weighted by Crippen LogP contribution is 1.88. The van der Waals surface area contributed by atoms with Gasteiger partial charge in [-0.3, -0.25) is 5.73 Å². The molecule has 0 aliphatic heterocycles. The number of hydrogen-bond acceptors (Lipinski definition) is 2. The highest BCUT2D eigenvalue weighted by atomic mass is 16.7. The Kier molecular flexibility index (Phi) is 4.95. The van der Waals surface area contributed by atoms with Gasteiger partial charge in [0.1, 0.15) is 0 Å². The van der Waals surface area contributed by atoms with Crippen molar-refractivity contribution in [2.24, 2.45) is 0 Å². The molecule has 1 radical (unpaired) electrons. The monoisotopic (exact) mass is 118 g/mol. The summed E-state index contributed by atoms with van der Waals surface area (Å²) < 4.78 is 9.66. The second-order valence-electron chi connectivity index (χ2n) is 1.32. The largest absolute Gasteiger partial charge is 0.354 e. The van der Waals surface area contributed by atoms with Crippen LogP contribution in [0.3, 0.4) is 0 Å². The Morgan fingerprint density at radius 3 is 2.38 bits per heavy atom. The van der Waals surface area contributed by atoms with E-state index in [-0.39, 0.29) is 12.8 Å². The molecule has 0 spiro atoms. The van der Waals surface area contributed by atoms with Gasteiger partial charge in [0, 0.05) is 13.7 Å². The molecule has 3 heteroatoms. The van der Waals surface area contributed by atoms with Crippen LogP contribution in [0.1, 0.15) is 6.92 Å². The van der Waals surface area contributed by atoms with Gasteiger partial charge in [0.05, 0.1) is 6.54 Å². The minimum atomic E-state index is -0.333. The summed E-state index contributed by atoms with van der Waals surface area (Å²) in [6.45, 7) is 2.66. The first kappa shape index (κ1) is 7.88. The fourth-order valence-corrected chi connectivity index (χ4v) is 0.396. The second-order valence-corrected chi connectivity index (χ2v) is 1.32. The summed E-state index contributed by atoms with van der Waals surface area (Å²) in [5.41, 5.74) is 6.81. The molecule has 0 aromatic heterocycles. The summed E-state index contributed by atoms with van der Waals surface area (Å²) in [4.78, 5) is 0. The van der Waals surface area contributed by atoms with Crippen LogP contribution in [-0.2, 0) is 9.47 Å². The molecule has 0 rings (SSSR count). The van der Waals surface area contributed by atoms with Crippen molar-refractivity contribution in [1.82, 2.24) is 5.73 Å². The predicted molar refractivity (Wildman–Crippen MR) is 30.4 cm³/mol. The maximum Gasteiger partial charge on any atom is 0.170 e. The molecule has 0 heterocycles. The molecule has 8 heavy (non-hydrogen) atoms. The molecule has 0 saturated heterocycles. The van der Waals surface area contributed by atoms with E-state index in [9.17, 15) is 0 Å². The molecule has 0 aromatic carbocycles. The molecule has 1 atom stereocenters. The Balaban J connectivity index is 3.07. The Morgan fingerprint density at radius 2 is 2.25 bits per heavy atom. The van der Waals surface area contributed by atoms with E-state index in [4.69, 9.17) is 15.2 Å². The van der Waals surface area contributed by atoms with Crippen LogP contribution < -0.4 is 5.73 Å². The fourth-order valence-electron chi connectivity index (χ4n) is 0.396. The van der Waals surface area contributed by atoms with Gasteiger partial charge in [-0.2, -0.15) is 0 Å². The molecular formula is C5H12NO2. The number of hydrogen-bond donors (Lipinski definition) is 0. The topological polar surface area (TPSA) is 42.3 Å². The Bertz CT molecular complexity index is 45.7. The van der Waals surface area contributed by atoms with Crippen LogP contribution in [-0.4, -0.2) is 26.6 Å². The molecule has 0 aromatic rings. The van der Waals surface area contributed by atoms with E-state index in [2.05, 4.69) is 0 Å². The van der Waals surface area contributed by atoms with E-state index < -0.39 is 0 Å². The Hall–Kier alpha value is -0.120. The van der Waals surface area contributed by atoms with Crippen LogP contribution in [0.25, 0.3) is 0 Å². The minimum Gasteiger partial charge on any atom is -0.354 e. The Labute approximate surface area is 49.8 Å². The lowest BCUT2D eigenvalue weighted by atomic mass is 10.6. The van der Waals surface area contributed by atoms with Crippen molar-refractivity contribution in [2.45, 2.75) is 13.2 Å². The molecule has 49 valence electrons. The van der Waals surface area contributed by atoms with Gasteiger partial charge >= 0.3 is 0 Å². The SMILES string of the molecule is CCOC(C[NH])OC. The van der Waals surface area contributed by atoms with Crippen molar-refractivity contribution in [3.63, 3.8) is 0 Å². The van der Waals surface area contributed by atoms with E-state index in [1.54, 1.807) is 0 Å². The predicted octanol–water partition coefficient (Wildman–Crippen LogP) is 0.278. The molecule has 0 saturated carbocycles. The van der Waals surface area contributed by atoms with Crippen LogP contribution in [0.2, 0.25) is 0 Å². The second kappa shape index (κ2) is 5.03. The molecular weight excluding hydrogens is 106 g/mol. The summed E-state index contributed by atoms with van der Waals surface area (Å²) in [5, 5.41) is 0. The first-order chi connectivity index (χ1) is 3.85. The lowest BCUT2D eigenvalue weighted by molar-refractivity contribution is -0.113. The molecule has 0 fully saturated rings. The number of nitrogens with one attached hydrogen (secondary N) is 1. The maximum absolute atomic E-state index is 6.81. The van der Waals surface area contributed by atoms with Gasteiger partial charge in [0.2, 0.25) is 0 Å². The first-order valence-electron chi connectivity index (χ1n) is 2.64. The molecule has 0 amide bonds. The average Bonchev–Trinajstić information content (AvgIpc) is 1.83. The van der Waals surface area contributed by atoms with Crippen molar-refractivity contribution < 1.29 is 9.47 Å². The van der Waals surface area contributed by atoms with Crippen molar-refractivity contribution in [3.8, 4) is 0 Å². The zero-order valence-corrected chi connectivity index (χ0v) is 5.31. The molecule has 1 N–H and O–H groups in total. The number of ether oxygens (including phenoxy) is 2. The highest BCUT2D eigenvalue weighted by Gasteiger charge is 2.00.